The van der Waals surface area contributed by atoms with Crippen molar-refractivity contribution < 1.29 is 14.6 Å². The fourth-order valence-electron chi connectivity index (χ4n) is 0.709. The highest BCUT2D eigenvalue weighted by atomic mass is 16.5. The first-order valence-corrected chi connectivity index (χ1v) is 4.36. The Bertz CT molecular complexity index is 130. The molecule has 0 rings (SSSR count). The van der Waals surface area contributed by atoms with Gasteiger partial charge in [0.05, 0.1) is 19.1 Å². The summed E-state index contributed by atoms with van der Waals surface area (Å²) in [5.74, 6) is 0.231. The van der Waals surface area contributed by atoms with Gasteiger partial charge in [-0.15, -0.1) is 0 Å². The van der Waals surface area contributed by atoms with Crippen LogP contribution in [0, 0.1) is 5.92 Å². The summed E-state index contributed by atoms with van der Waals surface area (Å²) < 4.78 is 4.86. The van der Waals surface area contributed by atoms with E-state index in [2.05, 4.69) is 13.8 Å². The number of aliphatic hydroxyl groups is 1. The Morgan fingerprint density at radius 3 is 2.42 bits per heavy atom. The van der Waals surface area contributed by atoms with Gasteiger partial charge >= 0.3 is 5.97 Å². The fourth-order valence-corrected chi connectivity index (χ4v) is 0.709. The summed E-state index contributed by atoms with van der Waals surface area (Å²) in [6, 6.07) is 0. The minimum Gasteiger partial charge on any atom is -0.466 e. The van der Waals surface area contributed by atoms with Gasteiger partial charge in [-0.2, -0.15) is 0 Å². The molecule has 0 aliphatic rings. The SMILES string of the molecule is CC(C)CCOC(=O)C[C@@H](C)O. The third-order valence-electron chi connectivity index (χ3n) is 1.42. The van der Waals surface area contributed by atoms with Crippen molar-refractivity contribution in [1.29, 1.82) is 0 Å². The van der Waals surface area contributed by atoms with Gasteiger partial charge in [-0.25, -0.2) is 0 Å². The van der Waals surface area contributed by atoms with E-state index in [1.807, 2.05) is 0 Å². The summed E-state index contributed by atoms with van der Waals surface area (Å²) in [5, 5.41) is 8.83. The number of hydrogen-bond acceptors (Lipinski definition) is 3. The van der Waals surface area contributed by atoms with Crippen LogP contribution >= 0.6 is 0 Å². The molecule has 0 heterocycles. The standard InChI is InChI=1S/C9H18O3/c1-7(2)4-5-12-9(11)6-8(3)10/h7-8,10H,4-6H2,1-3H3/t8-/m1/s1. The summed E-state index contributed by atoms with van der Waals surface area (Å²) in [7, 11) is 0. The highest BCUT2D eigenvalue weighted by Crippen LogP contribution is 2.00. The van der Waals surface area contributed by atoms with Gasteiger partial charge in [-0.05, 0) is 19.3 Å². The normalized spacial score (nSPS) is 13.1. The second-order valence-electron chi connectivity index (χ2n) is 3.46. The first kappa shape index (κ1) is 11.4. The molecule has 0 aromatic rings. The zero-order valence-electron chi connectivity index (χ0n) is 8.04. The quantitative estimate of drug-likeness (QED) is 0.640. The Labute approximate surface area is 73.7 Å². The van der Waals surface area contributed by atoms with Crippen molar-refractivity contribution in [1.82, 2.24) is 0 Å². The van der Waals surface area contributed by atoms with Crippen molar-refractivity contribution in [3.05, 3.63) is 0 Å². The number of aliphatic hydroxyl groups excluding tert-OH is 1. The molecule has 0 unspecified atom stereocenters. The Hall–Kier alpha value is -0.570. The molecule has 0 fully saturated rings. The number of esters is 1. The van der Waals surface area contributed by atoms with Crippen LogP contribution in [-0.2, 0) is 9.53 Å². The molecule has 12 heavy (non-hydrogen) atoms. The highest BCUT2D eigenvalue weighted by molar-refractivity contribution is 5.69. The van der Waals surface area contributed by atoms with Crippen molar-refractivity contribution in [3.8, 4) is 0 Å². The van der Waals surface area contributed by atoms with Gasteiger partial charge in [0.15, 0.2) is 0 Å². The molecule has 0 amide bonds. The zero-order valence-corrected chi connectivity index (χ0v) is 8.04. The molecule has 0 aliphatic carbocycles. The molecule has 72 valence electrons. The summed E-state index contributed by atoms with van der Waals surface area (Å²) in [6.07, 6.45) is 0.375. The second kappa shape index (κ2) is 6.00. The Balaban J connectivity index is 3.32. The number of hydrogen-bond donors (Lipinski definition) is 1. The Kier molecular flexibility index (Phi) is 5.72. The number of carbonyl (C=O) groups is 1. The van der Waals surface area contributed by atoms with E-state index in [1.165, 1.54) is 0 Å². The van der Waals surface area contributed by atoms with Crippen molar-refractivity contribution in [2.75, 3.05) is 6.61 Å². The molecular weight excluding hydrogens is 156 g/mol. The molecular formula is C9H18O3. The van der Waals surface area contributed by atoms with Gasteiger partial charge in [0, 0.05) is 0 Å². The van der Waals surface area contributed by atoms with Crippen molar-refractivity contribution in [2.45, 2.75) is 39.7 Å². The molecule has 3 heteroatoms. The van der Waals surface area contributed by atoms with E-state index in [9.17, 15) is 4.79 Å². The third-order valence-corrected chi connectivity index (χ3v) is 1.42. The number of rotatable bonds is 5. The van der Waals surface area contributed by atoms with Gasteiger partial charge in [0.2, 0.25) is 0 Å². The minimum absolute atomic E-state index is 0.0953. The van der Waals surface area contributed by atoms with Crippen LogP contribution in [0.3, 0.4) is 0 Å². The predicted molar refractivity (Wildman–Crippen MR) is 46.7 cm³/mol. The lowest BCUT2D eigenvalue weighted by Gasteiger charge is -2.07. The van der Waals surface area contributed by atoms with Crippen LogP contribution in [0.1, 0.15) is 33.6 Å². The summed E-state index contributed by atoms with van der Waals surface area (Å²) in [6.45, 7) is 6.18. The van der Waals surface area contributed by atoms with Crippen LogP contribution in [0.4, 0.5) is 0 Å². The first-order valence-electron chi connectivity index (χ1n) is 4.36. The summed E-state index contributed by atoms with van der Waals surface area (Å²) in [4.78, 5) is 10.9. The highest BCUT2D eigenvalue weighted by Gasteiger charge is 2.06. The number of carbonyl (C=O) groups excluding carboxylic acids is 1. The largest absolute Gasteiger partial charge is 0.466 e. The van der Waals surface area contributed by atoms with E-state index in [4.69, 9.17) is 9.84 Å². The molecule has 0 saturated heterocycles. The Morgan fingerprint density at radius 2 is 2.00 bits per heavy atom. The van der Waals surface area contributed by atoms with Crippen LogP contribution in [0.25, 0.3) is 0 Å². The minimum atomic E-state index is -0.600. The lowest BCUT2D eigenvalue weighted by molar-refractivity contribution is -0.145. The molecule has 0 radical (unpaired) electrons. The molecule has 0 saturated carbocycles. The molecule has 1 atom stereocenters. The average molecular weight is 174 g/mol. The zero-order chi connectivity index (χ0) is 9.56. The van der Waals surface area contributed by atoms with Crippen molar-refractivity contribution in [2.24, 2.45) is 5.92 Å². The van der Waals surface area contributed by atoms with E-state index in [1.54, 1.807) is 6.92 Å². The van der Waals surface area contributed by atoms with Crippen LogP contribution in [0.15, 0.2) is 0 Å². The lowest BCUT2D eigenvalue weighted by Crippen LogP contribution is -2.13. The topological polar surface area (TPSA) is 46.5 Å². The second-order valence-corrected chi connectivity index (χ2v) is 3.46. The maximum absolute atomic E-state index is 10.9. The molecule has 0 aliphatic heterocycles. The van der Waals surface area contributed by atoms with Gasteiger partial charge in [-0.3, -0.25) is 4.79 Å². The fraction of sp³-hybridized carbons (Fsp3) is 0.889. The van der Waals surface area contributed by atoms with Crippen molar-refractivity contribution >= 4 is 5.97 Å². The summed E-state index contributed by atoms with van der Waals surface area (Å²) >= 11 is 0. The molecule has 1 N–H and O–H groups in total. The van der Waals surface area contributed by atoms with Crippen molar-refractivity contribution in [3.63, 3.8) is 0 Å². The monoisotopic (exact) mass is 174 g/mol. The van der Waals surface area contributed by atoms with E-state index in [0.29, 0.717) is 12.5 Å². The van der Waals surface area contributed by atoms with Gasteiger partial charge in [-0.1, -0.05) is 13.8 Å². The van der Waals surface area contributed by atoms with E-state index >= 15 is 0 Å². The smallest absolute Gasteiger partial charge is 0.308 e. The van der Waals surface area contributed by atoms with Crippen LogP contribution < -0.4 is 0 Å². The van der Waals surface area contributed by atoms with Gasteiger partial charge < -0.3 is 9.84 Å². The van der Waals surface area contributed by atoms with Crippen LogP contribution in [0.2, 0.25) is 0 Å². The molecule has 0 spiro atoms. The number of ether oxygens (including phenoxy) is 1. The Morgan fingerprint density at radius 1 is 1.42 bits per heavy atom. The lowest BCUT2D eigenvalue weighted by atomic mass is 10.1. The van der Waals surface area contributed by atoms with E-state index in [-0.39, 0.29) is 12.4 Å². The average Bonchev–Trinajstić information content (AvgIpc) is 1.84. The summed E-state index contributed by atoms with van der Waals surface area (Å²) in [5.41, 5.74) is 0. The third kappa shape index (κ3) is 7.54. The van der Waals surface area contributed by atoms with Crippen LogP contribution in [0.5, 0.6) is 0 Å². The van der Waals surface area contributed by atoms with Crippen LogP contribution in [-0.4, -0.2) is 23.8 Å². The molecule has 3 nitrogen and oxygen atoms in total. The van der Waals surface area contributed by atoms with E-state index < -0.39 is 6.10 Å². The molecule has 0 aromatic carbocycles. The maximum Gasteiger partial charge on any atom is 0.308 e. The van der Waals surface area contributed by atoms with Gasteiger partial charge in [0.1, 0.15) is 0 Å². The first-order chi connectivity index (χ1) is 5.52. The predicted octanol–water partition coefficient (Wildman–Crippen LogP) is 1.35. The maximum atomic E-state index is 10.9. The molecule has 0 bridgehead atoms. The molecule has 0 aromatic heterocycles. The van der Waals surface area contributed by atoms with Gasteiger partial charge in [0.25, 0.3) is 0 Å². The van der Waals surface area contributed by atoms with E-state index in [0.717, 1.165) is 6.42 Å².